The van der Waals surface area contributed by atoms with Gasteiger partial charge in [-0.3, -0.25) is 0 Å². The number of anilines is 1. The lowest BCUT2D eigenvalue weighted by Gasteiger charge is -2.07. The Hall–Kier alpha value is -1.46. The van der Waals surface area contributed by atoms with E-state index in [-0.39, 0.29) is 17.3 Å². The summed E-state index contributed by atoms with van der Waals surface area (Å²) in [5, 5.41) is 0. The molecule has 1 aromatic rings. The van der Waals surface area contributed by atoms with Crippen molar-refractivity contribution in [3.05, 3.63) is 17.6 Å². The van der Waals surface area contributed by atoms with Crippen LogP contribution in [0.25, 0.3) is 0 Å². The summed E-state index contributed by atoms with van der Waals surface area (Å²) in [5.74, 6) is -0.884. The number of pyridine rings is 1. The van der Waals surface area contributed by atoms with E-state index < -0.39 is 18.7 Å². The van der Waals surface area contributed by atoms with Gasteiger partial charge in [-0.25, -0.2) is 18.2 Å². The van der Waals surface area contributed by atoms with Crippen molar-refractivity contribution in [3.63, 3.8) is 0 Å². The van der Waals surface area contributed by atoms with Gasteiger partial charge in [0.1, 0.15) is 5.82 Å². The molecule has 1 aromatic heterocycles. The first-order valence-corrected chi connectivity index (χ1v) is 3.81. The highest BCUT2D eigenvalue weighted by Crippen LogP contribution is 2.22. The molecule has 3 nitrogen and oxygen atoms in total. The van der Waals surface area contributed by atoms with E-state index in [4.69, 9.17) is 5.73 Å². The number of halogens is 3. The summed E-state index contributed by atoms with van der Waals surface area (Å²) in [4.78, 5) is 3.53. The van der Waals surface area contributed by atoms with E-state index >= 15 is 0 Å². The van der Waals surface area contributed by atoms with Crippen LogP contribution >= 0.6 is 0 Å². The van der Waals surface area contributed by atoms with Crippen LogP contribution in [0, 0.1) is 5.82 Å². The minimum Gasteiger partial charge on any atom is -0.480 e. The quantitative estimate of drug-likeness (QED) is 0.817. The predicted octanol–water partition coefficient (Wildman–Crippen LogP) is 1.62. The van der Waals surface area contributed by atoms with Crippen LogP contribution in [0.15, 0.2) is 6.07 Å². The molecule has 2 N–H and O–H groups in total. The predicted molar refractivity (Wildman–Crippen MR) is 44.9 cm³/mol. The Labute approximate surface area is 78.7 Å². The van der Waals surface area contributed by atoms with Crippen LogP contribution in [-0.2, 0) is 6.42 Å². The van der Waals surface area contributed by atoms with E-state index in [1.807, 2.05) is 0 Å². The third-order valence-corrected chi connectivity index (χ3v) is 1.58. The van der Waals surface area contributed by atoms with Crippen molar-refractivity contribution in [1.29, 1.82) is 0 Å². The van der Waals surface area contributed by atoms with E-state index in [2.05, 4.69) is 9.72 Å². The van der Waals surface area contributed by atoms with Crippen LogP contribution in [0.2, 0.25) is 0 Å². The Morgan fingerprint density at radius 1 is 1.57 bits per heavy atom. The normalized spacial score (nSPS) is 10.6. The van der Waals surface area contributed by atoms with Crippen molar-refractivity contribution in [1.82, 2.24) is 4.98 Å². The molecule has 1 heterocycles. The third-order valence-electron chi connectivity index (χ3n) is 1.58. The van der Waals surface area contributed by atoms with Gasteiger partial charge in [0.2, 0.25) is 12.3 Å². The lowest BCUT2D eigenvalue weighted by atomic mass is 10.2. The zero-order chi connectivity index (χ0) is 10.7. The summed E-state index contributed by atoms with van der Waals surface area (Å²) in [7, 11) is 1.28. The zero-order valence-electron chi connectivity index (χ0n) is 7.43. The Balaban J connectivity index is 3.04. The molecule has 0 radical (unpaired) electrons. The molecule has 0 aromatic carbocycles. The van der Waals surface area contributed by atoms with Gasteiger partial charge in [-0.2, -0.15) is 0 Å². The summed E-state index contributed by atoms with van der Waals surface area (Å²) in [5.41, 5.74) is 4.96. The number of hydrogen-bond donors (Lipinski definition) is 1. The van der Waals surface area contributed by atoms with Gasteiger partial charge in [0.05, 0.1) is 24.9 Å². The summed E-state index contributed by atoms with van der Waals surface area (Å²) in [6.45, 7) is 0. The van der Waals surface area contributed by atoms with Crippen LogP contribution in [-0.4, -0.2) is 18.5 Å². The number of hydrogen-bond acceptors (Lipinski definition) is 3. The van der Waals surface area contributed by atoms with E-state index in [0.717, 1.165) is 6.07 Å². The third kappa shape index (κ3) is 2.27. The highest BCUT2D eigenvalue weighted by Gasteiger charge is 2.14. The zero-order valence-corrected chi connectivity index (χ0v) is 7.43. The van der Waals surface area contributed by atoms with Crippen molar-refractivity contribution in [2.24, 2.45) is 0 Å². The van der Waals surface area contributed by atoms with E-state index in [9.17, 15) is 13.2 Å². The van der Waals surface area contributed by atoms with Gasteiger partial charge in [0.15, 0.2) is 0 Å². The fourth-order valence-electron chi connectivity index (χ4n) is 0.975. The standard InChI is InChI=1S/C8H9F3N2O/c1-14-8-5(12)2-4(9)6(13-8)3-7(10)11/h2,7H,3,12H2,1H3. The van der Waals surface area contributed by atoms with Crippen molar-refractivity contribution < 1.29 is 17.9 Å². The van der Waals surface area contributed by atoms with E-state index in [1.165, 1.54) is 7.11 Å². The number of alkyl halides is 2. The first-order chi connectivity index (χ1) is 6.54. The minimum absolute atomic E-state index is 0.0111. The number of nitrogens with two attached hydrogens (primary N) is 1. The summed E-state index contributed by atoms with van der Waals surface area (Å²) >= 11 is 0. The fourth-order valence-corrected chi connectivity index (χ4v) is 0.975. The molecule has 78 valence electrons. The number of nitrogens with zero attached hydrogens (tertiary/aromatic N) is 1. The molecule has 6 heteroatoms. The maximum Gasteiger partial charge on any atom is 0.244 e. The fraction of sp³-hybridized carbons (Fsp3) is 0.375. The lowest BCUT2D eigenvalue weighted by molar-refractivity contribution is 0.146. The molecule has 0 saturated heterocycles. The van der Waals surface area contributed by atoms with E-state index in [1.54, 1.807) is 0 Å². The topological polar surface area (TPSA) is 48.1 Å². The summed E-state index contributed by atoms with van der Waals surface area (Å²) in [6, 6.07) is 0.920. The molecule has 0 unspecified atom stereocenters. The molecule has 0 atom stereocenters. The molecular weight excluding hydrogens is 197 g/mol. The second-order valence-electron chi connectivity index (χ2n) is 2.61. The Morgan fingerprint density at radius 2 is 2.21 bits per heavy atom. The Kier molecular flexibility index (Phi) is 3.16. The number of nitrogen functional groups attached to an aromatic ring is 1. The SMILES string of the molecule is COc1nc(CC(F)F)c(F)cc1N. The monoisotopic (exact) mass is 206 g/mol. The molecule has 0 spiro atoms. The maximum absolute atomic E-state index is 13.0. The molecule has 14 heavy (non-hydrogen) atoms. The molecule has 0 aliphatic rings. The summed E-state index contributed by atoms with van der Waals surface area (Å²) < 4.78 is 41.6. The molecule has 0 aliphatic carbocycles. The van der Waals surface area contributed by atoms with Crippen molar-refractivity contribution >= 4 is 5.69 Å². The van der Waals surface area contributed by atoms with Crippen molar-refractivity contribution in [3.8, 4) is 5.88 Å². The van der Waals surface area contributed by atoms with Crippen LogP contribution in [0.1, 0.15) is 5.69 Å². The molecular formula is C8H9F3N2O. The largest absolute Gasteiger partial charge is 0.480 e. The molecule has 1 rings (SSSR count). The van der Waals surface area contributed by atoms with Crippen LogP contribution in [0.3, 0.4) is 0 Å². The Bertz CT molecular complexity index is 331. The Morgan fingerprint density at radius 3 is 2.71 bits per heavy atom. The molecule has 0 fully saturated rings. The number of ether oxygens (including phenoxy) is 1. The van der Waals surface area contributed by atoms with Crippen molar-refractivity contribution in [2.75, 3.05) is 12.8 Å². The van der Waals surface area contributed by atoms with Crippen LogP contribution < -0.4 is 10.5 Å². The average molecular weight is 206 g/mol. The van der Waals surface area contributed by atoms with Gasteiger partial charge in [-0.1, -0.05) is 0 Å². The number of aromatic nitrogens is 1. The second kappa shape index (κ2) is 4.17. The van der Waals surface area contributed by atoms with Crippen LogP contribution in [0.4, 0.5) is 18.9 Å². The van der Waals surface area contributed by atoms with Gasteiger partial charge in [-0.05, 0) is 0 Å². The number of rotatable bonds is 3. The van der Waals surface area contributed by atoms with Crippen molar-refractivity contribution in [2.45, 2.75) is 12.8 Å². The second-order valence-corrected chi connectivity index (χ2v) is 2.61. The minimum atomic E-state index is -2.65. The highest BCUT2D eigenvalue weighted by molar-refractivity contribution is 5.48. The lowest BCUT2D eigenvalue weighted by Crippen LogP contribution is -2.06. The van der Waals surface area contributed by atoms with E-state index in [0.29, 0.717) is 0 Å². The van der Waals surface area contributed by atoms with Crippen LogP contribution in [0.5, 0.6) is 5.88 Å². The highest BCUT2D eigenvalue weighted by atomic mass is 19.3. The maximum atomic E-state index is 13.0. The molecule has 0 bridgehead atoms. The number of methoxy groups -OCH3 is 1. The van der Waals surface area contributed by atoms with Gasteiger partial charge in [-0.15, -0.1) is 0 Å². The average Bonchev–Trinajstić information content (AvgIpc) is 2.09. The summed E-state index contributed by atoms with van der Waals surface area (Å²) in [6.07, 6.45) is -3.40. The molecule has 0 amide bonds. The van der Waals surface area contributed by atoms with Gasteiger partial charge < -0.3 is 10.5 Å². The first kappa shape index (κ1) is 10.6. The molecule has 0 aliphatic heterocycles. The first-order valence-electron chi connectivity index (χ1n) is 3.81. The van der Waals surface area contributed by atoms with Gasteiger partial charge in [0.25, 0.3) is 0 Å². The van der Waals surface area contributed by atoms with Gasteiger partial charge in [0, 0.05) is 6.07 Å². The molecule has 0 saturated carbocycles. The smallest absolute Gasteiger partial charge is 0.244 e. The van der Waals surface area contributed by atoms with Gasteiger partial charge >= 0.3 is 0 Å².